The number of hydrogen-bond acceptors (Lipinski definition) is 1. The van der Waals surface area contributed by atoms with Gasteiger partial charge in [-0.2, -0.15) is 0 Å². The van der Waals surface area contributed by atoms with Crippen molar-refractivity contribution in [1.82, 2.24) is 9.88 Å². The summed E-state index contributed by atoms with van der Waals surface area (Å²) in [5, 5.41) is 0. The van der Waals surface area contributed by atoms with Crippen molar-refractivity contribution in [2.24, 2.45) is 0 Å². The van der Waals surface area contributed by atoms with E-state index in [2.05, 4.69) is 34.8 Å². The topological polar surface area (TPSA) is 36.1 Å². The van der Waals surface area contributed by atoms with Crippen LogP contribution in [0.3, 0.4) is 0 Å². The first kappa shape index (κ1) is 18.3. The zero-order chi connectivity index (χ0) is 15.5. The molecule has 1 amide bonds. The maximum Gasteiger partial charge on any atom is 0.270 e. The summed E-state index contributed by atoms with van der Waals surface area (Å²) in [7, 11) is 0. The molecule has 0 saturated carbocycles. The maximum atomic E-state index is 12.6. The molecule has 0 aromatic carbocycles. The normalized spacial score (nSPS) is 10.8. The van der Waals surface area contributed by atoms with E-state index in [-0.39, 0.29) is 5.91 Å². The second-order valence-corrected chi connectivity index (χ2v) is 6.56. The molecule has 1 aromatic heterocycles. The van der Waals surface area contributed by atoms with Crippen molar-refractivity contribution in [2.75, 3.05) is 13.1 Å². The number of carbonyl (C=O) groups is 1. The number of H-pyrrole nitrogens is 1. The molecule has 1 rings (SSSR count). The first-order chi connectivity index (χ1) is 10.2. The molecule has 0 fully saturated rings. The number of rotatable bonds is 11. The van der Waals surface area contributed by atoms with Crippen LogP contribution < -0.4 is 0 Å². The standard InChI is InChI=1S/C17H29BrN2O/c1-3-5-7-9-11-20(12-10-8-6-4-2)17(21)16-13-15(18)14-19-16/h13-14,19H,3-12H2,1-2H3. The molecule has 0 saturated heterocycles. The van der Waals surface area contributed by atoms with E-state index in [1.807, 2.05) is 17.2 Å². The fourth-order valence-corrected chi connectivity index (χ4v) is 2.78. The first-order valence-corrected chi connectivity index (χ1v) is 9.11. The van der Waals surface area contributed by atoms with Gasteiger partial charge in [0.15, 0.2) is 0 Å². The van der Waals surface area contributed by atoms with Crippen molar-refractivity contribution in [2.45, 2.75) is 65.2 Å². The molecule has 120 valence electrons. The van der Waals surface area contributed by atoms with Crippen molar-refractivity contribution in [1.29, 1.82) is 0 Å². The van der Waals surface area contributed by atoms with Crippen molar-refractivity contribution in [3.05, 3.63) is 22.4 Å². The van der Waals surface area contributed by atoms with Gasteiger partial charge < -0.3 is 9.88 Å². The fourth-order valence-electron chi connectivity index (χ4n) is 2.44. The van der Waals surface area contributed by atoms with E-state index >= 15 is 0 Å². The van der Waals surface area contributed by atoms with Crippen LogP contribution in [0.1, 0.15) is 75.7 Å². The molecule has 4 heteroatoms. The Morgan fingerprint density at radius 3 is 2.05 bits per heavy atom. The van der Waals surface area contributed by atoms with E-state index in [4.69, 9.17) is 0 Å². The molecule has 0 aliphatic heterocycles. The second kappa shape index (κ2) is 10.9. The van der Waals surface area contributed by atoms with Gasteiger partial charge in [0.05, 0.1) is 0 Å². The van der Waals surface area contributed by atoms with Crippen molar-refractivity contribution < 1.29 is 4.79 Å². The molecule has 0 bridgehead atoms. The molecule has 3 nitrogen and oxygen atoms in total. The molecule has 0 atom stereocenters. The highest BCUT2D eigenvalue weighted by Crippen LogP contribution is 2.14. The van der Waals surface area contributed by atoms with Gasteiger partial charge in [0.25, 0.3) is 5.91 Å². The molecule has 1 aromatic rings. The Labute approximate surface area is 137 Å². The van der Waals surface area contributed by atoms with E-state index in [9.17, 15) is 4.79 Å². The number of nitrogens with zero attached hydrogens (tertiary/aromatic N) is 1. The third-order valence-corrected chi connectivity index (χ3v) is 4.19. The van der Waals surface area contributed by atoms with Gasteiger partial charge in [-0.3, -0.25) is 4.79 Å². The van der Waals surface area contributed by atoms with E-state index in [1.54, 1.807) is 0 Å². The van der Waals surface area contributed by atoms with Gasteiger partial charge >= 0.3 is 0 Å². The highest BCUT2D eigenvalue weighted by molar-refractivity contribution is 9.10. The molecule has 0 spiro atoms. The molecule has 0 aliphatic rings. The summed E-state index contributed by atoms with van der Waals surface area (Å²) in [5.41, 5.74) is 0.688. The fraction of sp³-hybridized carbons (Fsp3) is 0.706. The zero-order valence-electron chi connectivity index (χ0n) is 13.5. The third kappa shape index (κ3) is 7.16. The number of nitrogens with one attached hydrogen (secondary N) is 1. The predicted molar refractivity (Wildman–Crippen MR) is 92.7 cm³/mol. The number of hydrogen-bond donors (Lipinski definition) is 1. The van der Waals surface area contributed by atoms with Gasteiger partial charge in [-0.25, -0.2) is 0 Å². The van der Waals surface area contributed by atoms with Crippen molar-refractivity contribution in [3.63, 3.8) is 0 Å². The Hall–Kier alpha value is -0.770. The van der Waals surface area contributed by atoms with Gasteiger partial charge in [-0.05, 0) is 34.8 Å². The number of aromatic amines is 1. The minimum absolute atomic E-state index is 0.133. The van der Waals surface area contributed by atoms with Crippen LogP contribution in [-0.2, 0) is 0 Å². The number of aromatic nitrogens is 1. The lowest BCUT2D eigenvalue weighted by atomic mass is 10.1. The summed E-state index contributed by atoms with van der Waals surface area (Å²) in [4.78, 5) is 17.6. The molecule has 1 N–H and O–H groups in total. The van der Waals surface area contributed by atoms with Gasteiger partial charge in [-0.15, -0.1) is 0 Å². The number of carbonyl (C=O) groups excluding carboxylic acids is 1. The maximum absolute atomic E-state index is 12.6. The molecule has 0 radical (unpaired) electrons. The molecule has 0 aliphatic carbocycles. The van der Waals surface area contributed by atoms with E-state index in [1.165, 1.54) is 38.5 Å². The monoisotopic (exact) mass is 356 g/mol. The molecule has 1 heterocycles. The van der Waals surface area contributed by atoms with Crippen LogP contribution in [0.4, 0.5) is 0 Å². The summed E-state index contributed by atoms with van der Waals surface area (Å²) < 4.78 is 0.933. The molecule has 21 heavy (non-hydrogen) atoms. The van der Waals surface area contributed by atoms with Gasteiger partial charge in [0, 0.05) is 23.8 Å². The Bertz CT molecular complexity index is 391. The van der Waals surface area contributed by atoms with E-state index in [0.29, 0.717) is 5.69 Å². The Morgan fingerprint density at radius 1 is 1.05 bits per heavy atom. The average Bonchev–Trinajstić information content (AvgIpc) is 2.91. The van der Waals surface area contributed by atoms with Gasteiger partial charge in [0.1, 0.15) is 5.69 Å². The molecular weight excluding hydrogens is 328 g/mol. The average molecular weight is 357 g/mol. The lowest BCUT2D eigenvalue weighted by Gasteiger charge is -2.22. The van der Waals surface area contributed by atoms with Crippen LogP contribution in [0, 0.1) is 0 Å². The van der Waals surface area contributed by atoms with Crippen LogP contribution in [-0.4, -0.2) is 28.9 Å². The summed E-state index contributed by atoms with van der Waals surface area (Å²) >= 11 is 3.39. The Balaban J connectivity index is 2.50. The lowest BCUT2D eigenvalue weighted by Crippen LogP contribution is -2.33. The SMILES string of the molecule is CCCCCCN(CCCCCC)C(=O)c1cc(Br)c[nH]1. The van der Waals surface area contributed by atoms with Crippen LogP contribution >= 0.6 is 15.9 Å². The zero-order valence-corrected chi connectivity index (χ0v) is 15.0. The lowest BCUT2D eigenvalue weighted by molar-refractivity contribution is 0.0744. The summed E-state index contributed by atoms with van der Waals surface area (Å²) in [6.07, 6.45) is 11.4. The predicted octanol–water partition coefficient (Wildman–Crippen LogP) is 5.38. The van der Waals surface area contributed by atoms with Crippen molar-refractivity contribution >= 4 is 21.8 Å². The van der Waals surface area contributed by atoms with Gasteiger partial charge in [-0.1, -0.05) is 52.4 Å². The highest BCUT2D eigenvalue weighted by Gasteiger charge is 2.16. The smallest absolute Gasteiger partial charge is 0.270 e. The summed E-state index contributed by atoms with van der Waals surface area (Å²) in [6.45, 7) is 6.18. The first-order valence-electron chi connectivity index (χ1n) is 8.32. The Kier molecular flexibility index (Phi) is 9.48. The summed E-state index contributed by atoms with van der Waals surface area (Å²) in [5.74, 6) is 0.133. The van der Waals surface area contributed by atoms with Crippen LogP contribution in [0.5, 0.6) is 0 Å². The quantitative estimate of drug-likeness (QED) is 0.530. The molecule has 0 unspecified atom stereocenters. The van der Waals surface area contributed by atoms with E-state index < -0.39 is 0 Å². The van der Waals surface area contributed by atoms with Crippen molar-refractivity contribution in [3.8, 4) is 0 Å². The van der Waals surface area contributed by atoms with Crippen LogP contribution in [0.2, 0.25) is 0 Å². The number of unbranched alkanes of at least 4 members (excludes halogenated alkanes) is 6. The second-order valence-electron chi connectivity index (χ2n) is 5.65. The number of amides is 1. The largest absolute Gasteiger partial charge is 0.356 e. The van der Waals surface area contributed by atoms with Crippen LogP contribution in [0.15, 0.2) is 16.7 Å². The minimum Gasteiger partial charge on any atom is -0.356 e. The highest BCUT2D eigenvalue weighted by atomic mass is 79.9. The third-order valence-electron chi connectivity index (χ3n) is 3.73. The minimum atomic E-state index is 0.133. The van der Waals surface area contributed by atoms with Gasteiger partial charge in [0.2, 0.25) is 0 Å². The van der Waals surface area contributed by atoms with Crippen LogP contribution in [0.25, 0.3) is 0 Å². The van der Waals surface area contributed by atoms with E-state index in [0.717, 1.165) is 30.4 Å². The summed E-state index contributed by atoms with van der Waals surface area (Å²) in [6, 6.07) is 1.87. The Morgan fingerprint density at radius 2 is 1.62 bits per heavy atom. The number of halogens is 1. The molecular formula is C17H29BrN2O.